The number of amides is 2. The zero-order valence-electron chi connectivity index (χ0n) is 10.1. The van der Waals surface area contributed by atoms with Gasteiger partial charge < -0.3 is 10.4 Å². The molecule has 0 saturated carbocycles. The normalized spacial score (nSPS) is 9.94. The molecule has 0 fully saturated rings. The molecule has 5 heteroatoms. The largest absolute Gasteiger partial charge is 0.506 e. The minimum Gasteiger partial charge on any atom is -0.506 e. The SMILES string of the molecule is CCCCCCNC(=O)Nc1ccc(O)cn1. The third-order valence-electron chi connectivity index (χ3n) is 2.31. The van der Waals surface area contributed by atoms with Crippen LogP contribution in [-0.2, 0) is 0 Å². The molecular formula is C12H19N3O2. The Kier molecular flexibility index (Phi) is 5.85. The lowest BCUT2D eigenvalue weighted by atomic mass is 10.2. The maximum atomic E-state index is 11.4. The van der Waals surface area contributed by atoms with E-state index in [9.17, 15) is 4.79 Å². The number of unbranched alkanes of at least 4 members (excludes halogenated alkanes) is 3. The van der Waals surface area contributed by atoms with E-state index < -0.39 is 0 Å². The molecule has 0 aliphatic rings. The summed E-state index contributed by atoms with van der Waals surface area (Å²) in [6.07, 6.45) is 5.79. The first-order valence-corrected chi connectivity index (χ1v) is 5.92. The summed E-state index contributed by atoms with van der Waals surface area (Å²) in [6, 6.07) is 2.76. The van der Waals surface area contributed by atoms with Gasteiger partial charge in [-0.15, -0.1) is 0 Å². The van der Waals surface area contributed by atoms with Crippen LogP contribution in [0.5, 0.6) is 5.75 Å². The standard InChI is InChI=1S/C12H19N3O2/c1-2-3-4-5-8-13-12(17)15-11-7-6-10(16)9-14-11/h6-7,9,16H,2-5,8H2,1H3,(H2,13,14,15,17). The molecule has 17 heavy (non-hydrogen) atoms. The summed E-state index contributed by atoms with van der Waals surface area (Å²) in [5.74, 6) is 0.504. The Morgan fingerprint density at radius 1 is 1.35 bits per heavy atom. The highest BCUT2D eigenvalue weighted by molar-refractivity contribution is 5.88. The number of hydrogen-bond acceptors (Lipinski definition) is 3. The van der Waals surface area contributed by atoms with E-state index in [1.807, 2.05) is 0 Å². The summed E-state index contributed by atoms with van der Waals surface area (Å²) in [7, 11) is 0. The highest BCUT2D eigenvalue weighted by Crippen LogP contribution is 2.09. The average molecular weight is 237 g/mol. The third-order valence-corrected chi connectivity index (χ3v) is 2.31. The number of aromatic nitrogens is 1. The van der Waals surface area contributed by atoms with Crippen LogP contribution >= 0.6 is 0 Å². The number of pyridine rings is 1. The minimum atomic E-state index is -0.264. The lowest BCUT2D eigenvalue weighted by Gasteiger charge is -2.06. The first-order chi connectivity index (χ1) is 8.22. The van der Waals surface area contributed by atoms with Crippen molar-refractivity contribution in [2.24, 2.45) is 0 Å². The molecule has 1 aromatic rings. The Labute approximate surface area is 101 Å². The molecule has 0 bridgehead atoms. The van der Waals surface area contributed by atoms with Gasteiger partial charge in [-0.1, -0.05) is 26.2 Å². The van der Waals surface area contributed by atoms with Crippen molar-refractivity contribution in [3.05, 3.63) is 18.3 Å². The van der Waals surface area contributed by atoms with Crippen molar-refractivity contribution >= 4 is 11.8 Å². The van der Waals surface area contributed by atoms with Gasteiger partial charge in [0.15, 0.2) is 0 Å². The van der Waals surface area contributed by atoms with Gasteiger partial charge in [-0.25, -0.2) is 9.78 Å². The third kappa shape index (κ3) is 5.75. The van der Waals surface area contributed by atoms with Crippen molar-refractivity contribution in [3.63, 3.8) is 0 Å². The number of urea groups is 1. The molecule has 0 aromatic carbocycles. The van der Waals surface area contributed by atoms with Gasteiger partial charge >= 0.3 is 6.03 Å². The van der Waals surface area contributed by atoms with Crippen LogP contribution in [0.2, 0.25) is 0 Å². The molecule has 0 spiro atoms. The summed E-state index contributed by atoms with van der Waals surface area (Å²) in [4.78, 5) is 15.3. The van der Waals surface area contributed by atoms with Crippen LogP contribution in [0.1, 0.15) is 32.6 Å². The quantitative estimate of drug-likeness (QED) is 0.665. The lowest BCUT2D eigenvalue weighted by molar-refractivity contribution is 0.252. The Morgan fingerprint density at radius 2 is 2.18 bits per heavy atom. The molecule has 0 aliphatic carbocycles. The second-order valence-corrected chi connectivity index (χ2v) is 3.84. The van der Waals surface area contributed by atoms with Gasteiger partial charge in [-0.05, 0) is 18.6 Å². The Hall–Kier alpha value is -1.78. The molecule has 1 aromatic heterocycles. The average Bonchev–Trinajstić information content (AvgIpc) is 2.32. The first-order valence-electron chi connectivity index (χ1n) is 5.92. The fraction of sp³-hybridized carbons (Fsp3) is 0.500. The van der Waals surface area contributed by atoms with Crippen LogP contribution in [0.3, 0.4) is 0 Å². The van der Waals surface area contributed by atoms with E-state index in [0.29, 0.717) is 12.4 Å². The summed E-state index contributed by atoms with van der Waals surface area (Å²) in [5, 5.41) is 14.4. The number of hydrogen-bond donors (Lipinski definition) is 3. The molecule has 94 valence electrons. The van der Waals surface area contributed by atoms with E-state index in [0.717, 1.165) is 12.8 Å². The Bertz CT molecular complexity index is 338. The number of anilines is 1. The molecule has 0 atom stereocenters. The second-order valence-electron chi connectivity index (χ2n) is 3.84. The predicted molar refractivity (Wildman–Crippen MR) is 67.1 cm³/mol. The molecule has 0 unspecified atom stereocenters. The second kappa shape index (κ2) is 7.49. The van der Waals surface area contributed by atoms with E-state index in [2.05, 4.69) is 22.5 Å². The molecule has 0 saturated heterocycles. The maximum absolute atomic E-state index is 11.4. The van der Waals surface area contributed by atoms with E-state index in [1.165, 1.54) is 25.1 Å². The summed E-state index contributed by atoms with van der Waals surface area (Å²) in [6.45, 7) is 2.82. The fourth-order valence-electron chi connectivity index (χ4n) is 1.37. The van der Waals surface area contributed by atoms with Crippen LogP contribution in [0.25, 0.3) is 0 Å². The molecule has 3 N–H and O–H groups in total. The molecule has 0 radical (unpaired) electrons. The zero-order chi connectivity index (χ0) is 12.5. The van der Waals surface area contributed by atoms with E-state index in [-0.39, 0.29) is 11.8 Å². The number of carbonyl (C=O) groups is 1. The summed E-state index contributed by atoms with van der Waals surface area (Å²) in [5.41, 5.74) is 0. The number of nitrogens with one attached hydrogen (secondary N) is 2. The van der Waals surface area contributed by atoms with Gasteiger partial charge in [0.1, 0.15) is 11.6 Å². The van der Waals surface area contributed by atoms with Gasteiger partial charge in [0.2, 0.25) is 0 Å². The predicted octanol–water partition coefficient (Wildman–Crippen LogP) is 2.49. The highest BCUT2D eigenvalue weighted by Gasteiger charge is 2.01. The zero-order valence-corrected chi connectivity index (χ0v) is 10.1. The van der Waals surface area contributed by atoms with Crippen molar-refractivity contribution in [1.82, 2.24) is 10.3 Å². The number of aromatic hydroxyl groups is 1. The topological polar surface area (TPSA) is 74.2 Å². The van der Waals surface area contributed by atoms with Gasteiger partial charge in [-0.3, -0.25) is 5.32 Å². The van der Waals surface area contributed by atoms with Crippen molar-refractivity contribution in [2.45, 2.75) is 32.6 Å². The van der Waals surface area contributed by atoms with Gasteiger partial charge in [0, 0.05) is 6.54 Å². The van der Waals surface area contributed by atoms with E-state index in [1.54, 1.807) is 6.07 Å². The molecule has 1 rings (SSSR count). The molecule has 0 aliphatic heterocycles. The molecule has 5 nitrogen and oxygen atoms in total. The number of rotatable bonds is 6. The summed E-state index contributed by atoms with van der Waals surface area (Å²) >= 11 is 0. The van der Waals surface area contributed by atoms with Crippen LogP contribution < -0.4 is 10.6 Å². The number of nitrogens with zero attached hydrogens (tertiary/aromatic N) is 1. The lowest BCUT2D eigenvalue weighted by Crippen LogP contribution is -2.29. The van der Waals surface area contributed by atoms with Crippen molar-refractivity contribution in [1.29, 1.82) is 0 Å². The molecule has 1 heterocycles. The van der Waals surface area contributed by atoms with Crippen LogP contribution in [0.4, 0.5) is 10.6 Å². The van der Waals surface area contributed by atoms with Gasteiger partial charge in [0.25, 0.3) is 0 Å². The Morgan fingerprint density at radius 3 is 2.82 bits per heavy atom. The Balaban J connectivity index is 2.18. The monoisotopic (exact) mass is 237 g/mol. The molecule has 2 amide bonds. The van der Waals surface area contributed by atoms with E-state index in [4.69, 9.17) is 5.11 Å². The van der Waals surface area contributed by atoms with Gasteiger partial charge in [-0.2, -0.15) is 0 Å². The highest BCUT2D eigenvalue weighted by atomic mass is 16.3. The maximum Gasteiger partial charge on any atom is 0.320 e. The first kappa shape index (κ1) is 13.3. The van der Waals surface area contributed by atoms with Crippen LogP contribution in [0.15, 0.2) is 18.3 Å². The number of carbonyl (C=O) groups excluding carboxylic acids is 1. The van der Waals surface area contributed by atoms with Crippen molar-refractivity contribution in [2.75, 3.05) is 11.9 Å². The van der Waals surface area contributed by atoms with Crippen molar-refractivity contribution in [3.8, 4) is 5.75 Å². The fourth-order valence-corrected chi connectivity index (χ4v) is 1.37. The summed E-state index contributed by atoms with van der Waals surface area (Å²) < 4.78 is 0. The smallest absolute Gasteiger partial charge is 0.320 e. The van der Waals surface area contributed by atoms with Crippen LogP contribution in [0, 0.1) is 0 Å². The van der Waals surface area contributed by atoms with Crippen LogP contribution in [-0.4, -0.2) is 22.7 Å². The minimum absolute atomic E-state index is 0.0792. The van der Waals surface area contributed by atoms with Crippen molar-refractivity contribution < 1.29 is 9.90 Å². The van der Waals surface area contributed by atoms with Gasteiger partial charge in [0.05, 0.1) is 6.20 Å². The van der Waals surface area contributed by atoms with E-state index >= 15 is 0 Å². The molecular weight excluding hydrogens is 218 g/mol.